The Labute approximate surface area is 138 Å². The third-order valence-corrected chi connectivity index (χ3v) is 3.83. The average Bonchev–Trinajstić information content (AvgIpc) is 2.48. The van der Waals surface area contributed by atoms with E-state index in [0.717, 1.165) is 34.7 Å². The van der Waals surface area contributed by atoms with E-state index in [1.807, 2.05) is 39.8 Å². The lowest BCUT2D eigenvalue weighted by Crippen LogP contribution is -2.22. The summed E-state index contributed by atoms with van der Waals surface area (Å²) in [6.45, 7) is 10.2. The van der Waals surface area contributed by atoms with Gasteiger partial charge in [0.15, 0.2) is 0 Å². The molecule has 1 unspecified atom stereocenters. The molecule has 124 valence electrons. The summed E-state index contributed by atoms with van der Waals surface area (Å²) in [5.41, 5.74) is 5.21. The van der Waals surface area contributed by atoms with Gasteiger partial charge in [-0.25, -0.2) is 4.98 Å². The highest BCUT2D eigenvalue weighted by Gasteiger charge is 2.10. The van der Waals surface area contributed by atoms with Crippen LogP contribution >= 0.6 is 0 Å². The number of benzene rings is 1. The van der Waals surface area contributed by atoms with E-state index in [1.54, 1.807) is 0 Å². The fourth-order valence-electron chi connectivity index (χ4n) is 2.72. The topological polar surface area (TPSA) is 54.4 Å². The van der Waals surface area contributed by atoms with Crippen molar-refractivity contribution in [3.05, 3.63) is 46.6 Å². The molecule has 2 rings (SSSR count). The Morgan fingerprint density at radius 1 is 1.09 bits per heavy atom. The number of hydrogen-bond donors (Lipinski definition) is 2. The quantitative estimate of drug-likeness (QED) is 0.835. The minimum Gasteiger partial charge on any atom is -0.438 e. The predicted octanol–water partition coefficient (Wildman–Crippen LogP) is 4.29. The van der Waals surface area contributed by atoms with E-state index in [0.29, 0.717) is 5.88 Å². The van der Waals surface area contributed by atoms with Crippen molar-refractivity contribution in [2.24, 2.45) is 0 Å². The molecule has 4 heteroatoms. The molecule has 2 aromatic rings. The standard InChI is InChI=1S/C19H26N2O2/c1-6-16(11-22)21-17-9-15(5)20-18(10-17)23-19-13(3)7-12(2)8-14(19)4/h7-10,16,22H,6,11H2,1-5H3,(H,20,21). The fraction of sp³-hybridized carbons (Fsp3) is 0.421. The molecule has 4 nitrogen and oxygen atoms in total. The van der Waals surface area contributed by atoms with Crippen LogP contribution in [0.15, 0.2) is 24.3 Å². The Kier molecular flexibility index (Phi) is 5.61. The third kappa shape index (κ3) is 4.45. The first-order valence-electron chi connectivity index (χ1n) is 8.04. The molecule has 2 N–H and O–H groups in total. The summed E-state index contributed by atoms with van der Waals surface area (Å²) in [7, 11) is 0. The summed E-state index contributed by atoms with van der Waals surface area (Å²) >= 11 is 0. The molecule has 0 amide bonds. The lowest BCUT2D eigenvalue weighted by molar-refractivity contribution is 0.272. The van der Waals surface area contributed by atoms with Crippen molar-refractivity contribution in [1.82, 2.24) is 4.98 Å². The van der Waals surface area contributed by atoms with Crippen molar-refractivity contribution in [1.29, 1.82) is 0 Å². The van der Waals surface area contributed by atoms with E-state index in [4.69, 9.17) is 4.74 Å². The van der Waals surface area contributed by atoms with E-state index in [-0.39, 0.29) is 12.6 Å². The zero-order chi connectivity index (χ0) is 17.0. The smallest absolute Gasteiger partial charge is 0.221 e. The van der Waals surface area contributed by atoms with Crippen LogP contribution < -0.4 is 10.1 Å². The summed E-state index contributed by atoms with van der Waals surface area (Å²) in [5.74, 6) is 1.42. The summed E-state index contributed by atoms with van der Waals surface area (Å²) in [6.07, 6.45) is 0.851. The monoisotopic (exact) mass is 314 g/mol. The molecule has 0 aliphatic carbocycles. The fourth-order valence-corrected chi connectivity index (χ4v) is 2.72. The molecule has 0 radical (unpaired) electrons. The van der Waals surface area contributed by atoms with Crippen molar-refractivity contribution in [3.8, 4) is 11.6 Å². The molecule has 0 aliphatic rings. The highest BCUT2D eigenvalue weighted by molar-refractivity contribution is 5.50. The van der Waals surface area contributed by atoms with Gasteiger partial charge in [-0.05, 0) is 51.3 Å². The molecule has 23 heavy (non-hydrogen) atoms. The van der Waals surface area contributed by atoms with Crippen LogP contribution in [0.2, 0.25) is 0 Å². The Bertz CT molecular complexity index is 656. The zero-order valence-electron chi connectivity index (χ0n) is 14.6. The molecule has 0 saturated heterocycles. The Morgan fingerprint density at radius 3 is 2.30 bits per heavy atom. The molecule has 0 fully saturated rings. The number of anilines is 1. The van der Waals surface area contributed by atoms with Crippen LogP contribution in [0.4, 0.5) is 5.69 Å². The maximum atomic E-state index is 9.35. The molecule has 1 aromatic carbocycles. The Balaban J connectivity index is 2.29. The van der Waals surface area contributed by atoms with Crippen molar-refractivity contribution >= 4 is 5.69 Å². The maximum absolute atomic E-state index is 9.35. The minimum absolute atomic E-state index is 0.0347. The molecule has 0 bridgehead atoms. The van der Waals surface area contributed by atoms with Crippen LogP contribution in [-0.2, 0) is 0 Å². The number of aromatic nitrogens is 1. The van der Waals surface area contributed by atoms with E-state index >= 15 is 0 Å². The molecule has 0 aliphatic heterocycles. The van der Waals surface area contributed by atoms with E-state index < -0.39 is 0 Å². The zero-order valence-corrected chi connectivity index (χ0v) is 14.6. The van der Waals surface area contributed by atoms with Gasteiger partial charge in [0.05, 0.1) is 6.61 Å². The number of aryl methyl sites for hydroxylation is 4. The molecule has 0 spiro atoms. The highest BCUT2D eigenvalue weighted by atomic mass is 16.5. The van der Waals surface area contributed by atoms with Crippen LogP contribution in [0.1, 0.15) is 35.7 Å². The van der Waals surface area contributed by atoms with Gasteiger partial charge in [0, 0.05) is 23.5 Å². The second kappa shape index (κ2) is 7.47. The molecule has 1 heterocycles. The molecular weight excluding hydrogens is 288 g/mol. The first-order chi connectivity index (χ1) is 10.9. The first-order valence-corrected chi connectivity index (χ1v) is 8.04. The first kappa shape index (κ1) is 17.3. The summed E-state index contributed by atoms with van der Waals surface area (Å²) in [5, 5.41) is 12.7. The lowest BCUT2D eigenvalue weighted by atomic mass is 10.1. The van der Waals surface area contributed by atoms with Crippen molar-refractivity contribution in [3.63, 3.8) is 0 Å². The van der Waals surface area contributed by atoms with Crippen molar-refractivity contribution in [2.45, 2.75) is 47.1 Å². The molecule has 1 aromatic heterocycles. The third-order valence-electron chi connectivity index (χ3n) is 3.83. The summed E-state index contributed by atoms with van der Waals surface area (Å²) in [6, 6.07) is 8.09. The second-order valence-electron chi connectivity index (χ2n) is 6.10. The number of nitrogens with one attached hydrogen (secondary N) is 1. The number of rotatable bonds is 6. The van der Waals surface area contributed by atoms with Crippen LogP contribution in [0.25, 0.3) is 0 Å². The minimum atomic E-state index is 0.0347. The molecular formula is C19H26N2O2. The van der Waals surface area contributed by atoms with Gasteiger partial charge in [-0.3, -0.25) is 0 Å². The van der Waals surface area contributed by atoms with Crippen LogP contribution in [-0.4, -0.2) is 22.7 Å². The average molecular weight is 314 g/mol. The highest BCUT2D eigenvalue weighted by Crippen LogP contribution is 2.30. The number of ether oxygens (including phenoxy) is 1. The van der Waals surface area contributed by atoms with Gasteiger partial charge >= 0.3 is 0 Å². The number of nitrogens with zero attached hydrogens (tertiary/aromatic N) is 1. The van der Waals surface area contributed by atoms with Gasteiger partial charge < -0.3 is 15.2 Å². The molecule has 1 atom stereocenters. The number of aliphatic hydroxyl groups is 1. The summed E-state index contributed by atoms with van der Waals surface area (Å²) in [4.78, 5) is 4.47. The Hall–Kier alpha value is -2.07. The summed E-state index contributed by atoms with van der Waals surface area (Å²) < 4.78 is 6.05. The number of pyridine rings is 1. The number of aliphatic hydroxyl groups excluding tert-OH is 1. The second-order valence-corrected chi connectivity index (χ2v) is 6.10. The van der Waals surface area contributed by atoms with Gasteiger partial charge in [-0.2, -0.15) is 0 Å². The van der Waals surface area contributed by atoms with E-state index in [1.165, 1.54) is 5.56 Å². The van der Waals surface area contributed by atoms with Crippen molar-refractivity contribution < 1.29 is 9.84 Å². The predicted molar refractivity (Wildman–Crippen MR) is 94.5 cm³/mol. The maximum Gasteiger partial charge on any atom is 0.221 e. The van der Waals surface area contributed by atoms with Gasteiger partial charge in [-0.1, -0.05) is 24.6 Å². The van der Waals surface area contributed by atoms with Gasteiger partial charge in [0.2, 0.25) is 5.88 Å². The van der Waals surface area contributed by atoms with E-state index in [2.05, 4.69) is 29.4 Å². The molecule has 0 saturated carbocycles. The largest absolute Gasteiger partial charge is 0.438 e. The van der Waals surface area contributed by atoms with E-state index in [9.17, 15) is 5.11 Å². The van der Waals surface area contributed by atoms with Crippen LogP contribution in [0, 0.1) is 27.7 Å². The SMILES string of the molecule is CCC(CO)Nc1cc(C)nc(Oc2c(C)cc(C)cc2C)c1. The Morgan fingerprint density at radius 2 is 1.74 bits per heavy atom. The normalized spacial score (nSPS) is 12.1. The lowest BCUT2D eigenvalue weighted by Gasteiger charge is -2.17. The van der Waals surface area contributed by atoms with Crippen molar-refractivity contribution in [2.75, 3.05) is 11.9 Å². The van der Waals surface area contributed by atoms with Gasteiger partial charge in [-0.15, -0.1) is 0 Å². The van der Waals surface area contributed by atoms with Gasteiger partial charge in [0.25, 0.3) is 0 Å². The number of hydrogen-bond acceptors (Lipinski definition) is 4. The van der Waals surface area contributed by atoms with Gasteiger partial charge in [0.1, 0.15) is 5.75 Å². The van der Waals surface area contributed by atoms with Crippen LogP contribution in [0.5, 0.6) is 11.6 Å². The van der Waals surface area contributed by atoms with Crippen LogP contribution in [0.3, 0.4) is 0 Å².